The number of nitrogens with two attached hydrogens (primary N) is 1. The van der Waals surface area contributed by atoms with Crippen LogP contribution in [0.1, 0.15) is 24.1 Å². The van der Waals surface area contributed by atoms with Gasteiger partial charge in [0, 0.05) is 18.8 Å². The fourth-order valence-electron chi connectivity index (χ4n) is 1.99. The molecule has 2 nitrogen and oxygen atoms in total. The maximum Gasteiger partial charge on any atom is 0.0646 e. The Hall–Kier alpha value is -1.51. The molecule has 0 aliphatic rings. The molecule has 19 heavy (non-hydrogen) atoms. The Labute approximate surface area is 119 Å². The molecule has 0 aromatic heterocycles. The highest BCUT2D eigenvalue weighted by atomic mass is 35.5. The quantitative estimate of drug-likeness (QED) is 0.897. The van der Waals surface area contributed by atoms with Crippen molar-refractivity contribution >= 4 is 23.0 Å². The number of anilines is 2. The van der Waals surface area contributed by atoms with Crippen LogP contribution in [-0.2, 0) is 0 Å². The van der Waals surface area contributed by atoms with Crippen molar-refractivity contribution in [2.45, 2.75) is 19.9 Å². The number of benzene rings is 2. The predicted molar refractivity (Wildman–Crippen MR) is 83.3 cm³/mol. The molecule has 0 aliphatic heterocycles. The summed E-state index contributed by atoms with van der Waals surface area (Å²) in [4.78, 5) is 2.08. The van der Waals surface area contributed by atoms with Gasteiger partial charge in [0.25, 0.3) is 0 Å². The molecule has 0 saturated heterocycles. The third-order valence-electron chi connectivity index (χ3n) is 3.28. The number of nitrogens with zero attached hydrogens (tertiary/aromatic N) is 1. The molecule has 0 radical (unpaired) electrons. The Morgan fingerprint density at radius 3 is 2.26 bits per heavy atom. The average molecular weight is 275 g/mol. The van der Waals surface area contributed by atoms with Crippen LogP contribution in [0, 0.1) is 6.92 Å². The SMILES string of the molecule is Cc1ccc(N(C)c2ccc(C(C)N)cc2Cl)cc1. The first-order valence-corrected chi connectivity index (χ1v) is 6.72. The van der Waals surface area contributed by atoms with Gasteiger partial charge in [-0.15, -0.1) is 0 Å². The van der Waals surface area contributed by atoms with E-state index in [1.54, 1.807) is 0 Å². The molecule has 3 heteroatoms. The fourth-order valence-corrected chi connectivity index (χ4v) is 2.30. The molecule has 100 valence electrons. The standard InChI is InChI=1S/C16H19ClN2/c1-11-4-7-14(8-5-11)19(3)16-9-6-13(12(2)18)10-15(16)17/h4-10,12H,18H2,1-3H3. The van der Waals surface area contributed by atoms with E-state index in [2.05, 4.69) is 36.1 Å². The summed E-state index contributed by atoms with van der Waals surface area (Å²) in [5, 5.41) is 0.720. The molecule has 0 saturated carbocycles. The highest BCUT2D eigenvalue weighted by Crippen LogP contribution is 2.32. The van der Waals surface area contributed by atoms with Gasteiger partial charge in [-0.3, -0.25) is 0 Å². The minimum absolute atomic E-state index is 0.00349. The van der Waals surface area contributed by atoms with Gasteiger partial charge in [-0.2, -0.15) is 0 Å². The summed E-state index contributed by atoms with van der Waals surface area (Å²) in [6, 6.07) is 14.3. The van der Waals surface area contributed by atoms with Crippen molar-refractivity contribution in [1.82, 2.24) is 0 Å². The van der Waals surface area contributed by atoms with E-state index in [1.165, 1.54) is 5.56 Å². The van der Waals surface area contributed by atoms with Crippen molar-refractivity contribution in [3.63, 3.8) is 0 Å². The molecule has 1 atom stereocenters. The first-order valence-electron chi connectivity index (χ1n) is 6.34. The van der Waals surface area contributed by atoms with E-state index < -0.39 is 0 Å². The maximum atomic E-state index is 6.35. The van der Waals surface area contributed by atoms with Gasteiger partial charge in [0.15, 0.2) is 0 Å². The zero-order valence-electron chi connectivity index (χ0n) is 11.5. The van der Waals surface area contributed by atoms with Gasteiger partial charge in [-0.25, -0.2) is 0 Å². The van der Waals surface area contributed by atoms with E-state index in [0.717, 1.165) is 22.0 Å². The van der Waals surface area contributed by atoms with Gasteiger partial charge in [-0.05, 0) is 43.7 Å². The second kappa shape index (κ2) is 5.64. The molecule has 1 unspecified atom stereocenters. The molecule has 2 N–H and O–H groups in total. The van der Waals surface area contributed by atoms with Gasteiger partial charge in [-0.1, -0.05) is 35.4 Å². The lowest BCUT2D eigenvalue weighted by Crippen LogP contribution is -2.11. The molecule has 0 aliphatic carbocycles. The molecule has 2 rings (SSSR count). The summed E-state index contributed by atoms with van der Waals surface area (Å²) < 4.78 is 0. The summed E-state index contributed by atoms with van der Waals surface area (Å²) in [6.45, 7) is 4.03. The van der Waals surface area contributed by atoms with Crippen LogP contribution in [0.3, 0.4) is 0 Å². The predicted octanol–water partition coefficient (Wildman–Crippen LogP) is 4.44. The zero-order chi connectivity index (χ0) is 14.0. The van der Waals surface area contributed by atoms with Crippen molar-refractivity contribution in [3.05, 3.63) is 58.6 Å². The van der Waals surface area contributed by atoms with Crippen molar-refractivity contribution in [2.75, 3.05) is 11.9 Å². The van der Waals surface area contributed by atoms with Crippen LogP contribution >= 0.6 is 11.6 Å². The van der Waals surface area contributed by atoms with Gasteiger partial charge >= 0.3 is 0 Å². The largest absolute Gasteiger partial charge is 0.343 e. The lowest BCUT2D eigenvalue weighted by molar-refractivity contribution is 0.818. The molecule has 0 spiro atoms. The van der Waals surface area contributed by atoms with Gasteiger partial charge in [0.2, 0.25) is 0 Å². The van der Waals surface area contributed by atoms with Crippen molar-refractivity contribution in [3.8, 4) is 0 Å². The zero-order valence-corrected chi connectivity index (χ0v) is 12.3. The van der Waals surface area contributed by atoms with Crippen LogP contribution in [0.4, 0.5) is 11.4 Å². The number of rotatable bonds is 3. The molecule has 0 fully saturated rings. The van der Waals surface area contributed by atoms with E-state index >= 15 is 0 Å². The van der Waals surface area contributed by atoms with E-state index in [0.29, 0.717) is 0 Å². The van der Waals surface area contributed by atoms with Crippen LogP contribution in [0.5, 0.6) is 0 Å². The molecule has 0 bridgehead atoms. The molecular formula is C16H19ClN2. The number of aryl methyl sites for hydroxylation is 1. The first-order chi connectivity index (χ1) is 8.99. The van der Waals surface area contributed by atoms with Gasteiger partial charge in [0.1, 0.15) is 0 Å². The molecule has 2 aromatic carbocycles. The monoisotopic (exact) mass is 274 g/mol. The van der Waals surface area contributed by atoms with Gasteiger partial charge < -0.3 is 10.6 Å². The highest BCUT2D eigenvalue weighted by Gasteiger charge is 2.10. The van der Waals surface area contributed by atoms with Crippen LogP contribution < -0.4 is 10.6 Å². The number of hydrogen-bond acceptors (Lipinski definition) is 2. The van der Waals surface area contributed by atoms with Gasteiger partial charge in [0.05, 0.1) is 10.7 Å². The number of halogens is 1. The van der Waals surface area contributed by atoms with E-state index in [9.17, 15) is 0 Å². The topological polar surface area (TPSA) is 29.3 Å². The number of hydrogen-bond donors (Lipinski definition) is 1. The Balaban J connectivity index is 2.33. The third kappa shape index (κ3) is 3.09. The Kier molecular flexibility index (Phi) is 4.13. The molecule has 0 heterocycles. The van der Waals surface area contributed by atoms with Crippen LogP contribution in [0.2, 0.25) is 5.02 Å². The van der Waals surface area contributed by atoms with E-state index in [4.69, 9.17) is 17.3 Å². The van der Waals surface area contributed by atoms with Crippen LogP contribution in [0.15, 0.2) is 42.5 Å². The summed E-state index contributed by atoms with van der Waals surface area (Å²) in [5.41, 5.74) is 10.3. The van der Waals surface area contributed by atoms with E-state index in [-0.39, 0.29) is 6.04 Å². The molecular weight excluding hydrogens is 256 g/mol. The van der Waals surface area contributed by atoms with Crippen molar-refractivity contribution in [2.24, 2.45) is 5.73 Å². The Morgan fingerprint density at radius 2 is 1.74 bits per heavy atom. The van der Waals surface area contributed by atoms with Crippen molar-refractivity contribution < 1.29 is 0 Å². The minimum atomic E-state index is -0.00349. The third-order valence-corrected chi connectivity index (χ3v) is 3.58. The lowest BCUT2D eigenvalue weighted by Gasteiger charge is -2.22. The normalized spacial score (nSPS) is 12.3. The lowest BCUT2D eigenvalue weighted by atomic mass is 10.1. The fraction of sp³-hybridized carbons (Fsp3) is 0.250. The van der Waals surface area contributed by atoms with E-state index in [1.807, 2.05) is 32.2 Å². The average Bonchev–Trinajstić information content (AvgIpc) is 2.38. The smallest absolute Gasteiger partial charge is 0.0646 e. The summed E-state index contributed by atoms with van der Waals surface area (Å²) in [5.74, 6) is 0. The van der Waals surface area contributed by atoms with Crippen LogP contribution in [0.25, 0.3) is 0 Å². The highest BCUT2D eigenvalue weighted by molar-refractivity contribution is 6.33. The summed E-state index contributed by atoms with van der Waals surface area (Å²) >= 11 is 6.35. The second-order valence-corrected chi connectivity index (χ2v) is 5.30. The maximum absolute atomic E-state index is 6.35. The first kappa shape index (κ1) is 13.9. The van der Waals surface area contributed by atoms with Crippen LogP contribution in [-0.4, -0.2) is 7.05 Å². The Bertz CT molecular complexity index is 561. The second-order valence-electron chi connectivity index (χ2n) is 4.89. The summed E-state index contributed by atoms with van der Waals surface area (Å²) in [7, 11) is 2.01. The molecule has 2 aromatic rings. The molecule has 0 amide bonds. The van der Waals surface area contributed by atoms with Crippen molar-refractivity contribution in [1.29, 1.82) is 0 Å². The minimum Gasteiger partial charge on any atom is -0.343 e. The Morgan fingerprint density at radius 1 is 1.11 bits per heavy atom. The summed E-state index contributed by atoms with van der Waals surface area (Å²) in [6.07, 6.45) is 0.